The zero-order chi connectivity index (χ0) is 12.9. The summed E-state index contributed by atoms with van der Waals surface area (Å²) >= 11 is 0. The lowest BCUT2D eigenvalue weighted by Crippen LogP contribution is -2.55. The molecular weight excluding hydrogens is 226 g/mol. The van der Waals surface area contributed by atoms with E-state index in [-0.39, 0.29) is 13.0 Å². The quantitative estimate of drug-likeness (QED) is 0.522. The average Bonchev–Trinajstić information content (AvgIpc) is 2.66. The van der Waals surface area contributed by atoms with Gasteiger partial charge in [-0.1, -0.05) is 12.8 Å². The van der Waals surface area contributed by atoms with Gasteiger partial charge in [0.2, 0.25) is 5.91 Å². The fourth-order valence-electron chi connectivity index (χ4n) is 1.93. The molecule has 3 amide bonds. The first-order valence-electron chi connectivity index (χ1n) is 5.54. The Morgan fingerprint density at radius 3 is 2.29 bits per heavy atom. The van der Waals surface area contributed by atoms with Crippen LogP contribution in [-0.2, 0) is 9.59 Å². The number of carbonyl (C=O) groups excluding carboxylic acids is 2. The predicted molar refractivity (Wildman–Crippen MR) is 59.2 cm³/mol. The van der Waals surface area contributed by atoms with E-state index in [4.69, 9.17) is 10.8 Å². The van der Waals surface area contributed by atoms with Crippen molar-refractivity contribution in [2.75, 3.05) is 6.54 Å². The van der Waals surface area contributed by atoms with Crippen LogP contribution in [0.25, 0.3) is 0 Å². The third-order valence-electron chi connectivity index (χ3n) is 2.88. The lowest BCUT2D eigenvalue weighted by molar-refractivity contribution is -0.144. The summed E-state index contributed by atoms with van der Waals surface area (Å²) in [4.78, 5) is 33.0. The fraction of sp³-hybridized carbons (Fsp3) is 0.700. The SMILES string of the molecule is NC(=O)CCNC(=O)NC1(C(=O)O)CCCC1. The molecule has 1 aliphatic rings. The number of rotatable bonds is 5. The van der Waals surface area contributed by atoms with E-state index in [1.54, 1.807) is 0 Å². The monoisotopic (exact) mass is 243 g/mol. The van der Waals surface area contributed by atoms with Gasteiger partial charge in [0.15, 0.2) is 0 Å². The number of urea groups is 1. The van der Waals surface area contributed by atoms with Crippen LogP contribution in [0.4, 0.5) is 4.79 Å². The van der Waals surface area contributed by atoms with E-state index in [1.165, 1.54) is 0 Å². The molecule has 0 saturated heterocycles. The maximum atomic E-state index is 11.5. The predicted octanol–water partition coefficient (Wildman–Crippen LogP) is -0.442. The molecule has 0 unspecified atom stereocenters. The van der Waals surface area contributed by atoms with Gasteiger partial charge >= 0.3 is 12.0 Å². The van der Waals surface area contributed by atoms with Gasteiger partial charge < -0.3 is 21.5 Å². The number of carboxylic acids is 1. The maximum Gasteiger partial charge on any atom is 0.329 e. The highest BCUT2D eigenvalue weighted by Gasteiger charge is 2.42. The van der Waals surface area contributed by atoms with Crippen molar-refractivity contribution >= 4 is 17.9 Å². The van der Waals surface area contributed by atoms with Crippen LogP contribution in [0.2, 0.25) is 0 Å². The first-order valence-corrected chi connectivity index (χ1v) is 5.54. The Balaban J connectivity index is 2.43. The first kappa shape index (κ1) is 13.3. The van der Waals surface area contributed by atoms with Crippen LogP contribution in [-0.4, -0.2) is 35.1 Å². The number of carbonyl (C=O) groups is 3. The van der Waals surface area contributed by atoms with Crippen LogP contribution < -0.4 is 16.4 Å². The Morgan fingerprint density at radius 2 is 1.82 bits per heavy atom. The van der Waals surface area contributed by atoms with Crippen LogP contribution in [0.3, 0.4) is 0 Å². The number of hydrogen-bond acceptors (Lipinski definition) is 3. The van der Waals surface area contributed by atoms with Gasteiger partial charge in [-0.3, -0.25) is 4.79 Å². The minimum Gasteiger partial charge on any atom is -0.480 e. The Labute approximate surface area is 98.7 Å². The maximum absolute atomic E-state index is 11.5. The van der Waals surface area contributed by atoms with Crippen LogP contribution in [0.1, 0.15) is 32.1 Å². The van der Waals surface area contributed by atoms with Crippen molar-refractivity contribution < 1.29 is 19.5 Å². The average molecular weight is 243 g/mol. The molecule has 0 atom stereocenters. The Bertz CT molecular complexity index is 324. The van der Waals surface area contributed by atoms with Gasteiger partial charge in [-0.05, 0) is 12.8 Å². The molecule has 0 spiro atoms. The second-order valence-corrected chi connectivity index (χ2v) is 4.19. The van der Waals surface area contributed by atoms with E-state index in [2.05, 4.69) is 10.6 Å². The first-order chi connectivity index (χ1) is 7.96. The number of carboxylic acid groups (broad SMARTS) is 1. The molecule has 0 radical (unpaired) electrons. The number of aliphatic carboxylic acids is 1. The van der Waals surface area contributed by atoms with E-state index in [0.717, 1.165) is 12.8 Å². The van der Waals surface area contributed by atoms with Gasteiger partial charge in [0, 0.05) is 13.0 Å². The second kappa shape index (κ2) is 5.51. The molecule has 0 aromatic heterocycles. The molecule has 96 valence electrons. The summed E-state index contributed by atoms with van der Waals surface area (Å²) in [6, 6.07) is -0.574. The van der Waals surface area contributed by atoms with Gasteiger partial charge in [0.05, 0.1) is 0 Å². The van der Waals surface area contributed by atoms with Crippen molar-refractivity contribution in [1.82, 2.24) is 10.6 Å². The highest BCUT2D eigenvalue weighted by Crippen LogP contribution is 2.29. The van der Waals surface area contributed by atoms with Crippen molar-refractivity contribution in [3.63, 3.8) is 0 Å². The van der Waals surface area contributed by atoms with Crippen molar-refractivity contribution in [3.8, 4) is 0 Å². The summed E-state index contributed by atoms with van der Waals surface area (Å²) in [5, 5.41) is 14.0. The zero-order valence-electron chi connectivity index (χ0n) is 9.49. The van der Waals surface area contributed by atoms with E-state index in [9.17, 15) is 14.4 Å². The third-order valence-corrected chi connectivity index (χ3v) is 2.88. The Morgan fingerprint density at radius 1 is 1.24 bits per heavy atom. The molecule has 7 nitrogen and oxygen atoms in total. The normalized spacial score (nSPS) is 17.4. The lowest BCUT2D eigenvalue weighted by Gasteiger charge is -2.25. The summed E-state index contributed by atoms with van der Waals surface area (Å²) in [6.45, 7) is 0.108. The van der Waals surface area contributed by atoms with E-state index in [0.29, 0.717) is 12.8 Å². The smallest absolute Gasteiger partial charge is 0.329 e. The minimum atomic E-state index is -1.16. The molecular formula is C10H17N3O4. The summed E-state index contributed by atoms with van der Waals surface area (Å²) in [5.74, 6) is -1.53. The highest BCUT2D eigenvalue weighted by atomic mass is 16.4. The van der Waals surface area contributed by atoms with E-state index >= 15 is 0 Å². The molecule has 0 aliphatic heterocycles. The lowest BCUT2D eigenvalue weighted by atomic mass is 9.98. The van der Waals surface area contributed by atoms with Crippen molar-refractivity contribution in [3.05, 3.63) is 0 Å². The van der Waals surface area contributed by atoms with Gasteiger partial charge in [0.1, 0.15) is 5.54 Å². The molecule has 0 heterocycles. The molecule has 1 saturated carbocycles. The number of primary amides is 1. The van der Waals surface area contributed by atoms with Gasteiger partial charge in [-0.2, -0.15) is 0 Å². The van der Waals surface area contributed by atoms with Gasteiger partial charge in [-0.15, -0.1) is 0 Å². The number of amides is 3. The number of nitrogens with one attached hydrogen (secondary N) is 2. The summed E-state index contributed by atoms with van der Waals surface area (Å²) in [5.41, 5.74) is 3.76. The molecule has 0 aromatic rings. The molecule has 1 rings (SSSR count). The van der Waals surface area contributed by atoms with Crippen molar-refractivity contribution in [2.24, 2.45) is 5.73 Å². The molecule has 5 N–H and O–H groups in total. The topological polar surface area (TPSA) is 122 Å². The van der Waals surface area contributed by atoms with Gasteiger partial charge in [0.25, 0.3) is 0 Å². The van der Waals surface area contributed by atoms with Crippen LogP contribution >= 0.6 is 0 Å². The molecule has 1 fully saturated rings. The molecule has 1 aliphatic carbocycles. The third kappa shape index (κ3) is 3.61. The largest absolute Gasteiger partial charge is 0.480 e. The molecule has 17 heavy (non-hydrogen) atoms. The zero-order valence-corrected chi connectivity index (χ0v) is 9.49. The molecule has 0 aromatic carbocycles. The summed E-state index contributed by atoms with van der Waals surface area (Å²) < 4.78 is 0. The Kier molecular flexibility index (Phi) is 4.30. The fourth-order valence-corrected chi connectivity index (χ4v) is 1.93. The molecule has 7 heteroatoms. The molecule has 0 bridgehead atoms. The Hall–Kier alpha value is -1.79. The van der Waals surface area contributed by atoms with E-state index in [1.807, 2.05) is 0 Å². The summed E-state index contributed by atoms with van der Waals surface area (Å²) in [7, 11) is 0. The minimum absolute atomic E-state index is 0.0352. The number of hydrogen-bond donors (Lipinski definition) is 4. The summed E-state index contributed by atoms with van der Waals surface area (Å²) in [6.07, 6.45) is 2.48. The van der Waals surface area contributed by atoms with Crippen molar-refractivity contribution in [1.29, 1.82) is 0 Å². The standard InChI is InChI=1S/C10H17N3O4/c11-7(14)3-6-12-9(17)13-10(8(15)16)4-1-2-5-10/h1-6H2,(H2,11,14)(H,15,16)(H2,12,13,17). The van der Waals surface area contributed by atoms with Crippen LogP contribution in [0.15, 0.2) is 0 Å². The van der Waals surface area contributed by atoms with Crippen LogP contribution in [0.5, 0.6) is 0 Å². The van der Waals surface area contributed by atoms with Gasteiger partial charge in [-0.25, -0.2) is 9.59 Å². The van der Waals surface area contributed by atoms with Crippen LogP contribution in [0, 0.1) is 0 Å². The van der Waals surface area contributed by atoms with E-state index < -0.39 is 23.4 Å². The van der Waals surface area contributed by atoms with Crippen molar-refractivity contribution in [2.45, 2.75) is 37.6 Å². The highest BCUT2D eigenvalue weighted by molar-refractivity contribution is 5.86. The number of nitrogens with two attached hydrogens (primary N) is 1. The second-order valence-electron chi connectivity index (χ2n) is 4.19.